The number of carboxylic acid groups (broad SMARTS) is 1. The fourth-order valence-electron chi connectivity index (χ4n) is 2.04. The number of aliphatic carboxylic acids is 1. The number of nitrogens with one attached hydrogen (secondary N) is 3. The lowest BCUT2D eigenvalue weighted by Crippen LogP contribution is -2.51. The van der Waals surface area contributed by atoms with Gasteiger partial charge in [-0.15, -0.1) is 5.10 Å². The number of nitrogens with zero attached hydrogens (tertiary/aromatic N) is 3. The lowest BCUT2D eigenvalue weighted by molar-refractivity contribution is -0.141. The van der Waals surface area contributed by atoms with Gasteiger partial charge in [-0.2, -0.15) is 0 Å². The van der Waals surface area contributed by atoms with Gasteiger partial charge in [0.25, 0.3) is 0 Å². The molecule has 0 aromatic carbocycles. The van der Waals surface area contributed by atoms with Gasteiger partial charge in [0.1, 0.15) is 0 Å². The average Bonchev–Trinajstić information content (AvgIpc) is 3.00. The van der Waals surface area contributed by atoms with E-state index in [4.69, 9.17) is 9.52 Å². The summed E-state index contributed by atoms with van der Waals surface area (Å²) in [5.41, 5.74) is 0. The number of aliphatic hydroxyl groups is 1. The Hall–Kier alpha value is -2.40. The predicted molar refractivity (Wildman–Crippen MR) is 77.9 cm³/mol. The molecule has 11 heteroatoms. The first-order valence-corrected chi connectivity index (χ1v) is 7.20. The predicted octanol–water partition coefficient (Wildman–Crippen LogP) is -1.89. The van der Waals surface area contributed by atoms with Crippen molar-refractivity contribution in [1.82, 2.24) is 26.1 Å². The van der Waals surface area contributed by atoms with Crippen molar-refractivity contribution in [2.75, 3.05) is 31.1 Å². The molecule has 128 valence electrons. The van der Waals surface area contributed by atoms with Gasteiger partial charge < -0.3 is 35.5 Å². The highest BCUT2D eigenvalue weighted by molar-refractivity contribution is 5.82. The maximum Gasteiger partial charge on any atom is 0.328 e. The zero-order valence-electron chi connectivity index (χ0n) is 12.7. The second-order valence-corrected chi connectivity index (χ2v) is 5.10. The maximum atomic E-state index is 11.6. The Morgan fingerprint density at radius 1 is 1.39 bits per heavy atom. The van der Waals surface area contributed by atoms with Crippen molar-refractivity contribution in [3.8, 4) is 0 Å². The first kappa shape index (κ1) is 17.0. The fourth-order valence-corrected chi connectivity index (χ4v) is 2.04. The number of urea groups is 1. The van der Waals surface area contributed by atoms with Gasteiger partial charge in [-0.3, -0.25) is 0 Å². The molecule has 5 N–H and O–H groups in total. The van der Waals surface area contributed by atoms with Crippen LogP contribution in [0.1, 0.15) is 12.8 Å². The summed E-state index contributed by atoms with van der Waals surface area (Å²) < 4.78 is 5.44. The van der Waals surface area contributed by atoms with Crippen molar-refractivity contribution in [2.45, 2.75) is 25.6 Å². The number of piperazine rings is 1. The van der Waals surface area contributed by atoms with Crippen LogP contribution in [-0.2, 0) is 11.3 Å². The van der Waals surface area contributed by atoms with Gasteiger partial charge in [-0.05, 0) is 6.92 Å². The number of aliphatic hydroxyl groups excluding tert-OH is 1. The van der Waals surface area contributed by atoms with Crippen molar-refractivity contribution in [3.63, 3.8) is 0 Å². The molecule has 2 heterocycles. The minimum Gasteiger partial charge on any atom is -0.480 e. The van der Waals surface area contributed by atoms with Crippen LogP contribution in [0.2, 0.25) is 0 Å². The van der Waals surface area contributed by atoms with E-state index >= 15 is 0 Å². The molecule has 1 aromatic rings. The number of carbonyl (C=O) groups excluding carboxylic acids is 1. The van der Waals surface area contributed by atoms with Gasteiger partial charge in [-0.1, -0.05) is 5.10 Å². The first-order valence-electron chi connectivity index (χ1n) is 7.20. The number of amides is 2. The van der Waals surface area contributed by atoms with Crippen molar-refractivity contribution in [3.05, 3.63) is 5.89 Å². The molecule has 0 saturated carbocycles. The lowest BCUT2D eigenvalue weighted by Gasteiger charge is -2.24. The number of carbonyl (C=O) groups is 2. The van der Waals surface area contributed by atoms with Crippen LogP contribution < -0.4 is 20.9 Å². The van der Waals surface area contributed by atoms with E-state index in [1.807, 2.05) is 4.90 Å². The number of carboxylic acids is 1. The summed E-state index contributed by atoms with van der Waals surface area (Å²) in [6.45, 7) is 4.39. The molecule has 2 unspecified atom stereocenters. The van der Waals surface area contributed by atoms with Crippen molar-refractivity contribution in [1.29, 1.82) is 0 Å². The summed E-state index contributed by atoms with van der Waals surface area (Å²) in [5, 5.41) is 33.7. The van der Waals surface area contributed by atoms with Gasteiger partial charge in [0.05, 0.1) is 12.6 Å². The van der Waals surface area contributed by atoms with E-state index in [-0.39, 0.29) is 12.4 Å². The van der Waals surface area contributed by atoms with Crippen LogP contribution in [0.15, 0.2) is 4.42 Å². The Morgan fingerprint density at radius 2 is 2.09 bits per heavy atom. The molecule has 2 amide bonds. The van der Waals surface area contributed by atoms with Gasteiger partial charge in [-0.25, -0.2) is 9.59 Å². The highest BCUT2D eigenvalue weighted by Crippen LogP contribution is 2.12. The monoisotopic (exact) mass is 328 g/mol. The van der Waals surface area contributed by atoms with E-state index in [1.54, 1.807) is 0 Å². The summed E-state index contributed by atoms with van der Waals surface area (Å²) in [6.07, 6.45) is -1.22. The average molecular weight is 328 g/mol. The van der Waals surface area contributed by atoms with E-state index < -0.39 is 24.1 Å². The van der Waals surface area contributed by atoms with Crippen LogP contribution in [-0.4, -0.2) is 70.7 Å². The van der Waals surface area contributed by atoms with E-state index in [0.717, 1.165) is 26.2 Å². The molecular formula is C12H20N6O5. The lowest BCUT2D eigenvalue weighted by atomic mass is 10.2. The molecule has 1 aromatic heterocycles. The number of rotatable bonds is 6. The quantitative estimate of drug-likeness (QED) is 0.403. The zero-order chi connectivity index (χ0) is 16.8. The summed E-state index contributed by atoms with van der Waals surface area (Å²) in [4.78, 5) is 24.4. The Balaban J connectivity index is 1.82. The van der Waals surface area contributed by atoms with Gasteiger partial charge in [0, 0.05) is 26.2 Å². The van der Waals surface area contributed by atoms with Crippen molar-refractivity contribution < 1.29 is 24.2 Å². The van der Waals surface area contributed by atoms with Crippen LogP contribution in [0.4, 0.5) is 10.8 Å². The topological polar surface area (TPSA) is 153 Å². The fraction of sp³-hybridized carbons (Fsp3) is 0.667. The van der Waals surface area contributed by atoms with E-state index in [9.17, 15) is 14.7 Å². The Labute approximate surface area is 132 Å². The molecule has 0 spiro atoms. The smallest absolute Gasteiger partial charge is 0.328 e. The Bertz CT molecular complexity index is 542. The number of aromatic nitrogens is 2. The molecule has 1 fully saturated rings. The Kier molecular flexibility index (Phi) is 5.71. The highest BCUT2D eigenvalue weighted by Gasteiger charge is 2.25. The van der Waals surface area contributed by atoms with Gasteiger partial charge in [0.2, 0.25) is 5.89 Å². The summed E-state index contributed by atoms with van der Waals surface area (Å²) in [6, 6.07) is -1.76. The molecular weight excluding hydrogens is 308 g/mol. The first-order chi connectivity index (χ1) is 11.0. The van der Waals surface area contributed by atoms with E-state index in [0.29, 0.717) is 6.01 Å². The number of anilines is 1. The minimum absolute atomic E-state index is 0.0446. The second-order valence-electron chi connectivity index (χ2n) is 5.10. The van der Waals surface area contributed by atoms with Crippen LogP contribution in [0, 0.1) is 0 Å². The highest BCUT2D eigenvalue weighted by atomic mass is 16.4. The molecule has 23 heavy (non-hydrogen) atoms. The van der Waals surface area contributed by atoms with Crippen LogP contribution in [0.25, 0.3) is 0 Å². The summed E-state index contributed by atoms with van der Waals surface area (Å²) in [5.74, 6) is -1.12. The molecule has 0 radical (unpaired) electrons. The molecule has 0 aliphatic carbocycles. The van der Waals surface area contributed by atoms with Crippen LogP contribution >= 0.6 is 0 Å². The molecule has 1 saturated heterocycles. The third-order valence-electron chi connectivity index (χ3n) is 3.28. The standard InChI is InChI=1S/C12H20N6O5/c1-7(19)9(10(20)21)15-11(22)14-6-8-16-17-12(23-8)18-4-2-13-3-5-18/h7,9,13,19H,2-6H2,1H3,(H,20,21)(H2,14,15,22). The molecule has 11 nitrogen and oxygen atoms in total. The molecule has 2 rings (SSSR count). The maximum absolute atomic E-state index is 11.6. The largest absolute Gasteiger partial charge is 0.480 e. The third kappa shape index (κ3) is 4.79. The van der Waals surface area contributed by atoms with Gasteiger partial charge >= 0.3 is 18.0 Å². The normalized spacial score (nSPS) is 17.4. The summed E-state index contributed by atoms with van der Waals surface area (Å²) in [7, 11) is 0. The molecule has 2 atom stereocenters. The van der Waals surface area contributed by atoms with Crippen LogP contribution in [0.5, 0.6) is 0 Å². The molecule has 1 aliphatic heterocycles. The second kappa shape index (κ2) is 7.74. The number of hydrogen-bond acceptors (Lipinski definition) is 8. The number of hydrogen-bond donors (Lipinski definition) is 5. The minimum atomic E-state index is -1.39. The SMILES string of the molecule is CC(O)C(NC(=O)NCc1nnc(N2CCNCC2)o1)C(=O)O. The van der Waals surface area contributed by atoms with Crippen molar-refractivity contribution >= 4 is 18.0 Å². The van der Waals surface area contributed by atoms with Crippen molar-refractivity contribution in [2.24, 2.45) is 0 Å². The van der Waals surface area contributed by atoms with E-state index in [2.05, 4.69) is 26.1 Å². The van der Waals surface area contributed by atoms with Gasteiger partial charge in [0.15, 0.2) is 6.04 Å². The third-order valence-corrected chi connectivity index (χ3v) is 3.28. The molecule has 1 aliphatic rings. The van der Waals surface area contributed by atoms with Crippen LogP contribution in [0.3, 0.4) is 0 Å². The summed E-state index contributed by atoms with van der Waals surface area (Å²) >= 11 is 0. The Morgan fingerprint density at radius 3 is 2.70 bits per heavy atom. The molecule has 0 bridgehead atoms. The zero-order valence-corrected chi connectivity index (χ0v) is 12.7. The van der Waals surface area contributed by atoms with E-state index in [1.165, 1.54) is 6.92 Å².